The standard InChI is InChI=1S/C23H15ClN2O5/c24-15-4-2-1-3-12(15)14-10-17-18(20-19(14)21(28)25-22(20)29)13-6-5-11(23(30)31)9-16(13)26(17)7-8-27/h1-6,9-10,27H,7-8H2,(H,30,31)(H,25,28,29). The Morgan fingerprint density at radius 2 is 1.71 bits per heavy atom. The molecule has 8 heteroatoms. The predicted octanol–water partition coefficient (Wildman–Crippen LogP) is 3.69. The highest BCUT2D eigenvalue weighted by molar-refractivity contribution is 6.36. The number of hydrogen-bond donors (Lipinski definition) is 3. The molecular weight excluding hydrogens is 420 g/mol. The Morgan fingerprint density at radius 3 is 2.42 bits per heavy atom. The molecule has 1 aromatic heterocycles. The van der Waals surface area contributed by atoms with E-state index in [0.717, 1.165) is 0 Å². The summed E-state index contributed by atoms with van der Waals surface area (Å²) in [6.07, 6.45) is 0. The Labute approximate surface area is 180 Å². The topological polar surface area (TPSA) is 109 Å². The van der Waals surface area contributed by atoms with Crippen molar-refractivity contribution in [1.82, 2.24) is 9.88 Å². The van der Waals surface area contributed by atoms with Gasteiger partial charge in [0.05, 0.1) is 34.3 Å². The van der Waals surface area contributed by atoms with E-state index in [2.05, 4.69) is 5.32 Å². The second kappa shape index (κ2) is 6.94. The van der Waals surface area contributed by atoms with Crippen LogP contribution < -0.4 is 5.32 Å². The molecule has 154 valence electrons. The lowest BCUT2D eigenvalue weighted by Gasteiger charge is -2.11. The van der Waals surface area contributed by atoms with E-state index < -0.39 is 17.8 Å². The molecule has 3 aromatic carbocycles. The summed E-state index contributed by atoms with van der Waals surface area (Å²) in [5.74, 6) is -2.12. The Balaban J connectivity index is 2.00. The predicted molar refractivity (Wildman–Crippen MR) is 116 cm³/mol. The number of aromatic nitrogens is 1. The van der Waals surface area contributed by atoms with Gasteiger partial charge in [-0.25, -0.2) is 4.79 Å². The van der Waals surface area contributed by atoms with Gasteiger partial charge in [-0.05, 0) is 29.8 Å². The molecule has 0 bridgehead atoms. The van der Waals surface area contributed by atoms with Crippen molar-refractivity contribution in [3.05, 3.63) is 70.2 Å². The first kappa shape index (κ1) is 19.3. The molecule has 0 spiro atoms. The first-order chi connectivity index (χ1) is 14.9. The van der Waals surface area contributed by atoms with Crippen LogP contribution in [0.5, 0.6) is 0 Å². The Hall–Kier alpha value is -3.68. The van der Waals surface area contributed by atoms with Crippen molar-refractivity contribution in [2.75, 3.05) is 6.61 Å². The maximum Gasteiger partial charge on any atom is 0.335 e. The van der Waals surface area contributed by atoms with Crippen molar-refractivity contribution in [1.29, 1.82) is 0 Å². The first-order valence-electron chi connectivity index (χ1n) is 9.50. The van der Waals surface area contributed by atoms with Gasteiger partial charge in [0.2, 0.25) is 0 Å². The number of carbonyl (C=O) groups is 3. The molecule has 0 aliphatic carbocycles. The summed E-state index contributed by atoms with van der Waals surface area (Å²) in [6, 6.07) is 13.4. The number of nitrogens with zero attached hydrogens (tertiary/aromatic N) is 1. The lowest BCUT2D eigenvalue weighted by molar-refractivity contribution is 0.0696. The summed E-state index contributed by atoms with van der Waals surface area (Å²) in [7, 11) is 0. The van der Waals surface area contributed by atoms with E-state index in [1.165, 1.54) is 12.1 Å². The second-order valence-corrected chi connectivity index (χ2v) is 7.65. The summed E-state index contributed by atoms with van der Waals surface area (Å²) in [4.78, 5) is 37.1. The molecule has 0 saturated carbocycles. The summed E-state index contributed by atoms with van der Waals surface area (Å²) in [5, 5.41) is 23.0. The average Bonchev–Trinajstić information content (AvgIpc) is 3.22. The zero-order valence-electron chi connectivity index (χ0n) is 16.0. The van der Waals surface area contributed by atoms with Gasteiger partial charge in [0.15, 0.2) is 0 Å². The molecule has 0 radical (unpaired) electrons. The van der Waals surface area contributed by atoms with Crippen LogP contribution in [-0.4, -0.2) is 39.2 Å². The summed E-state index contributed by atoms with van der Waals surface area (Å²) in [5.41, 5.74) is 2.78. The zero-order valence-corrected chi connectivity index (χ0v) is 16.7. The van der Waals surface area contributed by atoms with E-state index in [1.54, 1.807) is 41.0 Å². The molecule has 31 heavy (non-hydrogen) atoms. The highest BCUT2D eigenvalue weighted by Crippen LogP contribution is 2.42. The van der Waals surface area contributed by atoms with Gasteiger partial charge in [-0.1, -0.05) is 35.9 Å². The van der Waals surface area contributed by atoms with Crippen LogP contribution in [0.15, 0.2) is 48.5 Å². The molecule has 1 aliphatic heterocycles. The third-order valence-electron chi connectivity index (χ3n) is 5.57. The number of imide groups is 1. The lowest BCUT2D eigenvalue weighted by Crippen LogP contribution is -2.20. The number of fused-ring (bicyclic) bond motifs is 5. The van der Waals surface area contributed by atoms with Crippen LogP contribution in [0.4, 0.5) is 0 Å². The van der Waals surface area contributed by atoms with Crippen molar-refractivity contribution in [3.63, 3.8) is 0 Å². The summed E-state index contributed by atoms with van der Waals surface area (Å²) >= 11 is 6.40. The smallest absolute Gasteiger partial charge is 0.335 e. The minimum absolute atomic E-state index is 0.0815. The van der Waals surface area contributed by atoms with E-state index in [1.807, 2.05) is 0 Å². The third-order valence-corrected chi connectivity index (χ3v) is 5.90. The maximum atomic E-state index is 12.8. The number of halogens is 1. The van der Waals surface area contributed by atoms with Gasteiger partial charge in [-0.3, -0.25) is 14.9 Å². The zero-order chi connectivity index (χ0) is 21.9. The molecular formula is C23H15ClN2O5. The molecule has 0 fully saturated rings. The van der Waals surface area contributed by atoms with Crippen LogP contribution in [0.25, 0.3) is 32.9 Å². The largest absolute Gasteiger partial charge is 0.478 e. The average molecular weight is 435 g/mol. The van der Waals surface area contributed by atoms with Crippen LogP contribution in [0.2, 0.25) is 5.02 Å². The minimum Gasteiger partial charge on any atom is -0.478 e. The number of aliphatic hydroxyl groups excluding tert-OH is 1. The maximum absolute atomic E-state index is 12.8. The van der Waals surface area contributed by atoms with Gasteiger partial charge < -0.3 is 14.8 Å². The molecule has 2 heterocycles. The van der Waals surface area contributed by atoms with E-state index in [4.69, 9.17) is 11.6 Å². The first-order valence-corrected chi connectivity index (χ1v) is 9.88. The quantitative estimate of drug-likeness (QED) is 0.424. The van der Waals surface area contributed by atoms with Crippen LogP contribution in [0.3, 0.4) is 0 Å². The van der Waals surface area contributed by atoms with Gasteiger partial charge >= 0.3 is 5.97 Å². The summed E-state index contributed by atoms with van der Waals surface area (Å²) in [6.45, 7) is -0.0147. The minimum atomic E-state index is -1.09. The number of hydrogen-bond acceptors (Lipinski definition) is 4. The molecule has 2 amide bonds. The highest BCUT2D eigenvalue weighted by atomic mass is 35.5. The Bertz CT molecular complexity index is 1450. The number of carboxylic acid groups (broad SMARTS) is 1. The molecule has 4 aromatic rings. The van der Waals surface area contributed by atoms with Crippen LogP contribution in [-0.2, 0) is 6.54 Å². The molecule has 7 nitrogen and oxygen atoms in total. The number of aromatic carboxylic acids is 1. The molecule has 1 aliphatic rings. The van der Waals surface area contributed by atoms with E-state index in [-0.39, 0.29) is 29.8 Å². The number of amides is 2. The fraction of sp³-hybridized carbons (Fsp3) is 0.0870. The Morgan fingerprint density at radius 1 is 0.968 bits per heavy atom. The molecule has 0 saturated heterocycles. The fourth-order valence-corrected chi connectivity index (χ4v) is 4.54. The number of carboxylic acids is 1. The lowest BCUT2D eigenvalue weighted by atomic mass is 9.93. The molecule has 0 atom stereocenters. The Kier molecular flexibility index (Phi) is 4.32. The van der Waals surface area contributed by atoms with E-state index >= 15 is 0 Å². The molecule has 0 unspecified atom stereocenters. The highest BCUT2D eigenvalue weighted by Gasteiger charge is 2.34. The van der Waals surface area contributed by atoms with Gasteiger partial charge in [0, 0.05) is 27.9 Å². The van der Waals surface area contributed by atoms with Crippen molar-refractivity contribution in [3.8, 4) is 11.1 Å². The van der Waals surface area contributed by atoms with Crippen LogP contribution >= 0.6 is 11.6 Å². The second-order valence-electron chi connectivity index (χ2n) is 7.24. The van der Waals surface area contributed by atoms with Crippen molar-refractivity contribution < 1.29 is 24.6 Å². The van der Waals surface area contributed by atoms with E-state index in [0.29, 0.717) is 38.0 Å². The number of carbonyl (C=O) groups excluding carboxylic acids is 2. The third kappa shape index (κ3) is 2.74. The number of aliphatic hydroxyl groups is 1. The monoisotopic (exact) mass is 434 g/mol. The number of nitrogens with one attached hydrogen (secondary N) is 1. The number of benzene rings is 3. The van der Waals surface area contributed by atoms with Gasteiger partial charge in [0.1, 0.15) is 0 Å². The van der Waals surface area contributed by atoms with Crippen molar-refractivity contribution in [2.24, 2.45) is 0 Å². The van der Waals surface area contributed by atoms with Gasteiger partial charge in [-0.15, -0.1) is 0 Å². The van der Waals surface area contributed by atoms with Gasteiger partial charge in [0.25, 0.3) is 11.8 Å². The number of rotatable bonds is 4. The fourth-order valence-electron chi connectivity index (χ4n) is 4.31. The van der Waals surface area contributed by atoms with Crippen LogP contribution in [0, 0.1) is 0 Å². The normalized spacial score (nSPS) is 13.1. The van der Waals surface area contributed by atoms with Crippen molar-refractivity contribution >= 4 is 51.2 Å². The molecule has 3 N–H and O–H groups in total. The SMILES string of the molecule is O=C(O)c1ccc2c3c4c(c(-c5ccccc5Cl)cc3n(CCO)c2c1)C(=O)NC4=O. The van der Waals surface area contributed by atoms with Crippen LogP contribution in [0.1, 0.15) is 31.1 Å². The molecule has 5 rings (SSSR count). The van der Waals surface area contributed by atoms with Gasteiger partial charge in [-0.2, -0.15) is 0 Å². The summed E-state index contributed by atoms with van der Waals surface area (Å²) < 4.78 is 1.76. The van der Waals surface area contributed by atoms with Crippen molar-refractivity contribution in [2.45, 2.75) is 6.54 Å². The van der Waals surface area contributed by atoms with E-state index in [9.17, 15) is 24.6 Å².